The molecule has 0 nitrogen and oxygen atoms in total. The zero-order valence-electron chi connectivity index (χ0n) is 9.26. The van der Waals surface area contributed by atoms with Crippen molar-refractivity contribution in [3.8, 4) is 0 Å². The quantitative estimate of drug-likeness (QED) is 0.673. The molecule has 0 saturated heterocycles. The third-order valence-corrected chi connectivity index (χ3v) is 5.08. The van der Waals surface area contributed by atoms with Gasteiger partial charge in [0.05, 0.1) is 0 Å². The third-order valence-electron chi connectivity index (χ3n) is 2.44. The minimum Gasteiger partial charge on any atom is -0.204 e. The predicted octanol–water partition coefficient (Wildman–Crippen LogP) is 3.89. The second kappa shape index (κ2) is 6.17. The van der Waals surface area contributed by atoms with Crippen LogP contribution < -0.4 is 5.30 Å². The maximum atomic E-state index is 13.5. The molecule has 15 heavy (non-hydrogen) atoms. The number of rotatable bonds is 5. The van der Waals surface area contributed by atoms with E-state index in [9.17, 15) is 8.78 Å². The van der Waals surface area contributed by atoms with Crippen LogP contribution in [0.1, 0.15) is 26.7 Å². The highest BCUT2D eigenvalue weighted by Gasteiger charge is 2.15. The average molecular weight is 230 g/mol. The molecule has 84 valence electrons. The van der Waals surface area contributed by atoms with Gasteiger partial charge in [0.25, 0.3) is 0 Å². The molecule has 0 saturated carbocycles. The third kappa shape index (κ3) is 3.24. The lowest BCUT2D eigenvalue weighted by Crippen LogP contribution is -2.12. The molecule has 0 spiro atoms. The zero-order valence-corrected chi connectivity index (χ0v) is 10.2. The van der Waals surface area contributed by atoms with Crippen LogP contribution in [0.3, 0.4) is 0 Å². The van der Waals surface area contributed by atoms with E-state index in [1.807, 2.05) is 6.92 Å². The van der Waals surface area contributed by atoms with Crippen molar-refractivity contribution >= 4 is 13.2 Å². The van der Waals surface area contributed by atoms with Crippen LogP contribution in [0.25, 0.3) is 0 Å². The van der Waals surface area contributed by atoms with E-state index >= 15 is 0 Å². The van der Waals surface area contributed by atoms with Gasteiger partial charge >= 0.3 is 0 Å². The fourth-order valence-corrected chi connectivity index (χ4v) is 3.81. The number of hydrogen-bond donors (Lipinski definition) is 0. The molecule has 0 radical (unpaired) electrons. The number of halogens is 2. The van der Waals surface area contributed by atoms with Crippen molar-refractivity contribution in [2.75, 3.05) is 12.3 Å². The molecule has 0 heterocycles. The highest BCUT2D eigenvalue weighted by Crippen LogP contribution is 2.36. The van der Waals surface area contributed by atoms with E-state index in [1.54, 1.807) is 12.1 Å². The molecule has 1 atom stereocenters. The van der Waals surface area contributed by atoms with Gasteiger partial charge in [0.2, 0.25) is 0 Å². The highest BCUT2D eigenvalue weighted by atomic mass is 31.1. The first-order valence-corrected chi connectivity index (χ1v) is 7.10. The maximum Gasteiger partial charge on any atom is 0.166 e. The molecule has 0 N–H and O–H groups in total. The standard InChI is InChI=1S/C12H17F2P/c1-3-5-9-15(4-2)11-8-6-7-10(13)12(11)14/h6-8H,3-5,9H2,1-2H3. The van der Waals surface area contributed by atoms with Gasteiger partial charge in [0.1, 0.15) is 0 Å². The Morgan fingerprint density at radius 3 is 2.53 bits per heavy atom. The Balaban J connectivity index is 2.86. The second-order valence-corrected chi connectivity index (χ2v) is 6.15. The van der Waals surface area contributed by atoms with Crippen LogP contribution in [0.15, 0.2) is 18.2 Å². The summed E-state index contributed by atoms with van der Waals surface area (Å²) in [6, 6.07) is 4.51. The van der Waals surface area contributed by atoms with Crippen molar-refractivity contribution < 1.29 is 8.78 Å². The van der Waals surface area contributed by atoms with E-state index in [-0.39, 0.29) is 0 Å². The van der Waals surface area contributed by atoms with Crippen LogP contribution in [0, 0.1) is 11.6 Å². The van der Waals surface area contributed by atoms with Gasteiger partial charge in [0, 0.05) is 5.30 Å². The Hall–Kier alpha value is -0.490. The Bertz CT molecular complexity index is 312. The molecule has 0 fully saturated rings. The van der Waals surface area contributed by atoms with Gasteiger partial charge in [-0.05, 0) is 24.8 Å². The summed E-state index contributed by atoms with van der Waals surface area (Å²) in [4.78, 5) is 0. The molecule has 1 unspecified atom stereocenters. The second-order valence-electron chi connectivity index (χ2n) is 3.51. The predicted molar refractivity (Wildman–Crippen MR) is 63.2 cm³/mol. The summed E-state index contributed by atoms with van der Waals surface area (Å²) in [6.07, 6.45) is 4.13. The van der Waals surface area contributed by atoms with Crippen LogP contribution in [-0.2, 0) is 0 Å². The molecule has 0 bridgehead atoms. The van der Waals surface area contributed by atoms with Crippen molar-refractivity contribution in [2.45, 2.75) is 26.7 Å². The summed E-state index contributed by atoms with van der Waals surface area (Å²) < 4.78 is 26.5. The van der Waals surface area contributed by atoms with E-state index in [4.69, 9.17) is 0 Å². The average Bonchev–Trinajstić information content (AvgIpc) is 2.25. The lowest BCUT2D eigenvalue weighted by molar-refractivity contribution is 0.514. The lowest BCUT2D eigenvalue weighted by Gasteiger charge is -2.16. The van der Waals surface area contributed by atoms with Gasteiger partial charge in [-0.25, -0.2) is 8.78 Å². The molecule has 0 aliphatic heterocycles. The van der Waals surface area contributed by atoms with E-state index < -0.39 is 19.6 Å². The van der Waals surface area contributed by atoms with Crippen LogP contribution in [0.5, 0.6) is 0 Å². The first kappa shape index (κ1) is 12.6. The summed E-state index contributed by atoms with van der Waals surface area (Å²) in [6.45, 7) is 4.16. The van der Waals surface area contributed by atoms with E-state index in [0.717, 1.165) is 25.2 Å². The molecule has 3 heteroatoms. The van der Waals surface area contributed by atoms with Gasteiger partial charge in [0.15, 0.2) is 11.6 Å². The number of hydrogen-bond acceptors (Lipinski definition) is 0. The smallest absolute Gasteiger partial charge is 0.166 e. The number of benzene rings is 1. The summed E-state index contributed by atoms with van der Waals surface area (Å²) in [5.74, 6) is -1.36. The summed E-state index contributed by atoms with van der Waals surface area (Å²) >= 11 is 0. The summed E-state index contributed by atoms with van der Waals surface area (Å²) in [5.41, 5.74) is 0. The van der Waals surface area contributed by atoms with E-state index in [0.29, 0.717) is 5.30 Å². The molecule has 0 aliphatic carbocycles. The van der Waals surface area contributed by atoms with Crippen molar-refractivity contribution in [3.05, 3.63) is 29.8 Å². The van der Waals surface area contributed by atoms with Gasteiger partial charge in [-0.1, -0.05) is 40.3 Å². The molecular formula is C12H17F2P. The zero-order chi connectivity index (χ0) is 11.3. The highest BCUT2D eigenvalue weighted by molar-refractivity contribution is 7.65. The van der Waals surface area contributed by atoms with Crippen LogP contribution in [0.2, 0.25) is 0 Å². The Kier molecular flexibility index (Phi) is 5.17. The SMILES string of the molecule is CCCCP(CC)c1cccc(F)c1F. The molecule has 1 aromatic rings. The fourth-order valence-electron chi connectivity index (χ4n) is 1.53. The first-order chi connectivity index (χ1) is 7.20. The molecule has 0 aromatic heterocycles. The van der Waals surface area contributed by atoms with Crippen LogP contribution >= 0.6 is 7.92 Å². The molecule has 0 aliphatic rings. The molecule has 1 aromatic carbocycles. The Labute approximate surface area is 91.5 Å². The maximum absolute atomic E-state index is 13.5. The lowest BCUT2D eigenvalue weighted by atomic mass is 10.3. The topological polar surface area (TPSA) is 0 Å². The van der Waals surface area contributed by atoms with E-state index in [2.05, 4.69) is 6.92 Å². The minimum atomic E-state index is -0.718. The summed E-state index contributed by atoms with van der Waals surface area (Å²) in [7, 11) is -0.511. The normalized spacial score (nSPS) is 12.8. The van der Waals surface area contributed by atoms with Crippen molar-refractivity contribution in [3.63, 3.8) is 0 Å². The van der Waals surface area contributed by atoms with Crippen molar-refractivity contribution in [1.29, 1.82) is 0 Å². The van der Waals surface area contributed by atoms with Crippen molar-refractivity contribution in [2.24, 2.45) is 0 Å². The molecular weight excluding hydrogens is 213 g/mol. The van der Waals surface area contributed by atoms with Crippen LogP contribution in [0.4, 0.5) is 8.78 Å². The van der Waals surface area contributed by atoms with Gasteiger partial charge in [-0.15, -0.1) is 0 Å². The van der Waals surface area contributed by atoms with Gasteiger partial charge < -0.3 is 0 Å². The number of unbranched alkanes of at least 4 members (excludes halogenated alkanes) is 1. The molecule has 1 rings (SSSR count). The Morgan fingerprint density at radius 2 is 1.93 bits per heavy atom. The largest absolute Gasteiger partial charge is 0.204 e. The van der Waals surface area contributed by atoms with Gasteiger partial charge in [-0.2, -0.15) is 0 Å². The molecule has 0 amide bonds. The van der Waals surface area contributed by atoms with Crippen LogP contribution in [-0.4, -0.2) is 12.3 Å². The minimum absolute atomic E-state index is 0.511. The van der Waals surface area contributed by atoms with E-state index in [1.165, 1.54) is 6.07 Å². The monoisotopic (exact) mass is 230 g/mol. The van der Waals surface area contributed by atoms with Crippen molar-refractivity contribution in [1.82, 2.24) is 0 Å². The first-order valence-electron chi connectivity index (χ1n) is 5.39. The summed E-state index contributed by atoms with van der Waals surface area (Å²) in [5, 5.41) is 0.598. The van der Waals surface area contributed by atoms with Gasteiger partial charge in [-0.3, -0.25) is 0 Å². The fraction of sp³-hybridized carbons (Fsp3) is 0.500. The Morgan fingerprint density at radius 1 is 1.20 bits per heavy atom.